The third kappa shape index (κ3) is 6.40. The average Bonchev–Trinajstić information content (AvgIpc) is 2.46. The monoisotopic (exact) mass is 312 g/mol. The zero-order valence-electron chi connectivity index (χ0n) is 12.2. The first-order valence-corrected chi connectivity index (χ1v) is 7.60. The van der Waals surface area contributed by atoms with Crippen LogP contribution in [0.3, 0.4) is 0 Å². The molecule has 6 nitrogen and oxygen atoms in total. The number of hydrogen-bond donors (Lipinski definition) is 2. The first-order valence-electron chi connectivity index (χ1n) is 6.44. The molecule has 0 heterocycles. The van der Waals surface area contributed by atoms with Crippen molar-refractivity contribution in [1.82, 2.24) is 0 Å². The molecule has 0 aliphatic carbocycles. The first-order chi connectivity index (χ1) is 10.1. The van der Waals surface area contributed by atoms with Crippen LogP contribution in [0.25, 0.3) is 0 Å². The number of nitrogens with one attached hydrogen (secondary N) is 1. The molecule has 0 aromatic heterocycles. The van der Waals surface area contributed by atoms with Crippen LogP contribution in [0, 0.1) is 0 Å². The summed E-state index contributed by atoms with van der Waals surface area (Å²) in [5, 5.41) is 2.78. The Bertz CT molecular complexity index is 494. The quantitative estimate of drug-likeness (QED) is 0.677. The highest BCUT2D eigenvalue weighted by Gasteiger charge is 2.07. The van der Waals surface area contributed by atoms with Crippen molar-refractivity contribution < 1.29 is 19.1 Å². The van der Waals surface area contributed by atoms with E-state index in [-0.39, 0.29) is 11.8 Å². The Balaban J connectivity index is 2.39. The number of benzene rings is 1. The summed E-state index contributed by atoms with van der Waals surface area (Å²) in [5.74, 6) is 1.80. The molecule has 0 fully saturated rings. The molecular weight excluding hydrogens is 292 g/mol. The molecule has 0 spiro atoms. The summed E-state index contributed by atoms with van der Waals surface area (Å²) in [5.41, 5.74) is 5.69. The second-order valence-electron chi connectivity index (χ2n) is 4.24. The molecule has 7 heteroatoms. The lowest BCUT2D eigenvalue weighted by molar-refractivity contribution is -0.118. The largest absolute Gasteiger partial charge is 0.493 e. The standard InChI is InChI=1S/C14H20N2O4S/c1-19-11-6-5-10(8-12(11)20-2)16-14(18)9-21-7-3-4-13(15)17/h5-6,8H,3-4,7,9H2,1-2H3,(H2,15,17)(H,16,18). The molecule has 0 aliphatic heterocycles. The van der Waals surface area contributed by atoms with Gasteiger partial charge in [0.1, 0.15) is 0 Å². The minimum Gasteiger partial charge on any atom is -0.493 e. The van der Waals surface area contributed by atoms with Crippen molar-refractivity contribution in [1.29, 1.82) is 0 Å². The fourth-order valence-corrected chi connectivity index (χ4v) is 2.37. The molecule has 21 heavy (non-hydrogen) atoms. The maximum absolute atomic E-state index is 11.8. The molecule has 3 N–H and O–H groups in total. The van der Waals surface area contributed by atoms with Crippen molar-refractivity contribution in [2.75, 3.05) is 31.0 Å². The lowest BCUT2D eigenvalue weighted by Gasteiger charge is -2.10. The number of ether oxygens (including phenoxy) is 2. The van der Waals surface area contributed by atoms with E-state index in [2.05, 4.69) is 5.32 Å². The zero-order chi connectivity index (χ0) is 15.7. The van der Waals surface area contributed by atoms with Gasteiger partial charge in [-0.15, -0.1) is 0 Å². The number of carbonyl (C=O) groups excluding carboxylic acids is 2. The molecule has 2 amide bonds. The third-order valence-corrected chi connectivity index (χ3v) is 3.66. The van der Waals surface area contributed by atoms with Crippen molar-refractivity contribution >= 4 is 29.3 Å². The van der Waals surface area contributed by atoms with E-state index in [9.17, 15) is 9.59 Å². The molecule has 1 aromatic carbocycles. The van der Waals surface area contributed by atoms with Gasteiger partial charge in [0.15, 0.2) is 11.5 Å². The Morgan fingerprint density at radius 3 is 2.57 bits per heavy atom. The Labute approximate surface area is 128 Å². The van der Waals surface area contributed by atoms with Crippen molar-refractivity contribution in [3.05, 3.63) is 18.2 Å². The Hall–Kier alpha value is -1.89. The highest BCUT2D eigenvalue weighted by molar-refractivity contribution is 7.99. The van der Waals surface area contributed by atoms with Gasteiger partial charge in [-0.25, -0.2) is 0 Å². The topological polar surface area (TPSA) is 90.6 Å². The minimum atomic E-state index is -0.314. The molecule has 0 atom stereocenters. The highest BCUT2D eigenvalue weighted by Crippen LogP contribution is 2.29. The average molecular weight is 312 g/mol. The molecular formula is C14H20N2O4S. The maximum Gasteiger partial charge on any atom is 0.234 e. The van der Waals surface area contributed by atoms with Crippen molar-refractivity contribution in [3.63, 3.8) is 0 Å². The number of rotatable bonds is 9. The SMILES string of the molecule is COc1ccc(NC(=O)CSCCCC(N)=O)cc1OC. The fourth-order valence-electron chi connectivity index (χ4n) is 1.62. The van der Waals surface area contributed by atoms with Crippen LogP contribution in [-0.4, -0.2) is 37.5 Å². The lowest BCUT2D eigenvalue weighted by atomic mass is 10.2. The highest BCUT2D eigenvalue weighted by atomic mass is 32.2. The second kappa shape index (κ2) is 9.12. The third-order valence-electron chi connectivity index (χ3n) is 2.61. The maximum atomic E-state index is 11.8. The summed E-state index contributed by atoms with van der Waals surface area (Å²) in [6.07, 6.45) is 1.04. The summed E-state index contributed by atoms with van der Waals surface area (Å²) in [6.45, 7) is 0. The normalized spacial score (nSPS) is 10.0. The van der Waals surface area contributed by atoms with Crippen LogP contribution in [0.4, 0.5) is 5.69 Å². The number of primary amides is 1. The van der Waals surface area contributed by atoms with E-state index >= 15 is 0 Å². The van der Waals surface area contributed by atoms with Gasteiger partial charge in [-0.3, -0.25) is 9.59 Å². The number of methoxy groups -OCH3 is 2. The van der Waals surface area contributed by atoms with Crippen LogP contribution < -0.4 is 20.5 Å². The Morgan fingerprint density at radius 1 is 1.24 bits per heavy atom. The molecule has 116 valence electrons. The summed E-state index contributed by atoms with van der Waals surface area (Å²) in [7, 11) is 3.09. The Kier molecular flexibility index (Phi) is 7.45. The first kappa shape index (κ1) is 17.2. The van der Waals surface area contributed by atoms with Crippen LogP contribution in [0.1, 0.15) is 12.8 Å². The predicted octanol–water partition coefficient (Wildman–Crippen LogP) is 1.64. The molecule has 0 unspecified atom stereocenters. The van der Waals surface area contributed by atoms with Crippen molar-refractivity contribution in [2.24, 2.45) is 5.73 Å². The van der Waals surface area contributed by atoms with Crippen LogP contribution in [0.2, 0.25) is 0 Å². The number of hydrogen-bond acceptors (Lipinski definition) is 5. The van der Waals surface area contributed by atoms with E-state index in [1.165, 1.54) is 18.9 Å². The summed E-state index contributed by atoms with van der Waals surface area (Å²) < 4.78 is 10.3. The van der Waals surface area contributed by atoms with Gasteiger partial charge >= 0.3 is 0 Å². The van der Waals surface area contributed by atoms with Gasteiger partial charge in [0.25, 0.3) is 0 Å². The van der Waals surface area contributed by atoms with Gasteiger partial charge in [-0.1, -0.05) is 0 Å². The molecule has 0 radical (unpaired) electrons. The van der Waals surface area contributed by atoms with Gasteiger partial charge in [-0.05, 0) is 24.3 Å². The number of nitrogens with two attached hydrogens (primary N) is 1. The predicted molar refractivity (Wildman–Crippen MR) is 83.9 cm³/mol. The van der Waals surface area contributed by atoms with Crippen LogP contribution in [-0.2, 0) is 9.59 Å². The summed E-state index contributed by atoms with van der Waals surface area (Å²) in [4.78, 5) is 22.3. The zero-order valence-corrected chi connectivity index (χ0v) is 13.0. The van der Waals surface area contributed by atoms with E-state index in [0.717, 1.165) is 5.75 Å². The van der Waals surface area contributed by atoms with E-state index in [1.807, 2.05) is 0 Å². The van der Waals surface area contributed by atoms with E-state index in [1.54, 1.807) is 25.3 Å². The number of carbonyl (C=O) groups is 2. The number of thioether (sulfide) groups is 1. The van der Waals surface area contributed by atoms with Crippen LogP contribution in [0.15, 0.2) is 18.2 Å². The van der Waals surface area contributed by atoms with E-state index in [0.29, 0.717) is 35.8 Å². The summed E-state index contributed by atoms with van der Waals surface area (Å²) in [6, 6.07) is 5.18. The molecule has 0 bridgehead atoms. The van der Waals surface area contributed by atoms with Crippen molar-refractivity contribution in [3.8, 4) is 11.5 Å². The minimum absolute atomic E-state index is 0.105. The smallest absolute Gasteiger partial charge is 0.234 e. The molecule has 0 saturated heterocycles. The van der Waals surface area contributed by atoms with E-state index in [4.69, 9.17) is 15.2 Å². The molecule has 0 saturated carbocycles. The van der Waals surface area contributed by atoms with Crippen LogP contribution in [0.5, 0.6) is 11.5 Å². The Morgan fingerprint density at radius 2 is 1.95 bits per heavy atom. The summed E-state index contributed by atoms with van der Waals surface area (Å²) >= 11 is 1.46. The van der Waals surface area contributed by atoms with Crippen molar-refractivity contribution in [2.45, 2.75) is 12.8 Å². The lowest BCUT2D eigenvalue weighted by Crippen LogP contribution is -2.15. The van der Waals surface area contributed by atoms with E-state index < -0.39 is 0 Å². The second-order valence-corrected chi connectivity index (χ2v) is 5.35. The van der Waals surface area contributed by atoms with Crippen LogP contribution >= 0.6 is 11.8 Å². The number of amides is 2. The van der Waals surface area contributed by atoms with Gasteiger partial charge in [-0.2, -0.15) is 11.8 Å². The number of anilines is 1. The molecule has 1 rings (SSSR count). The fraction of sp³-hybridized carbons (Fsp3) is 0.429. The van der Waals surface area contributed by atoms with Gasteiger partial charge < -0.3 is 20.5 Å². The molecule has 1 aromatic rings. The van der Waals surface area contributed by atoms with Gasteiger partial charge in [0.05, 0.1) is 20.0 Å². The molecule has 0 aliphatic rings. The van der Waals surface area contributed by atoms with Gasteiger partial charge in [0, 0.05) is 18.2 Å². The van der Waals surface area contributed by atoms with Gasteiger partial charge in [0.2, 0.25) is 11.8 Å².